The summed E-state index contributed by atoms with van der Waals surface area (Å²) in [4.78, 5) is 18.3. The standard InChI is InChI=1S/C13H25N5O/c1-13(2,11(14)15)18-9-7-17(8-10-18)12(19)16-5-3-4-6-16/h3-10H2,1-2H3,(H3,14,15). The van der Waals surface area contributed by atoms with E-state index in [2.05, 4.69) is 4.90 Å². The van der Waals surface area contributed by atoms with E-state index in [1.54, 1.807) is 0 Å². The summed E-state index contributed by atoms with van der Waals surface area (Å²) in [6.45, 7) is 8.76. The van der Waals surface area contributed by atoms with Crippen LogP contribution in [0.1, 0.15) is 26.7 Å². The Kier molecular flexibility index (Phi) is 3.99. The molecule has 0 radical (unpaired) electrons. The van der Waals surface area contributed by atoms with Gasteiger partial charge in [0.15, 0.2) is 0 Å². The maximum Gasteiger partial charge on any atom is 0.320 e. The number of carbonyl (C=O) groups is 1. The summed E-state index contributed by atoms with van der Waals surface area (Å²) in [6, 6.07) is 0.179. The van der Waals surface area contributed by atoms with Gasteiger partial charge >= 0.3 is 6.03 Å². The van der Waals surface area contributed by atoms with Gasteiger partial charge in [-0.1, -0.05) is 0 Å². The van der Waals surface area contributed by atoms with Crippen molar-refractivity contribution in [3.8, 4) is 0 Å². The molecule has 0 aromatic heterocycles. The zero-order valence-electron chi connectivity index (χ0n) is 12.0. The van der Waals surface area contributed by atoms with E-state index in [9.17, 15) is 4.79 Å². The molecule has 0 saturated carbocycles. The summed E-state index contributed by atoms with van der Waals surface area (Å²) < 4.78 is 0. The fourth-order valence-electron chi connectivity index (χ4n) is 2.74. The van der Waals surface area contributed by atoms with E-state index in [1.165, 1.54) is 0 Å². The molecule has 0 aliphatic carbocycles. The number of nitrogens with two attached hydrogens (primary N) is 1. The Balaban J connectivity index is 1.88. The van der Waals surface area contributed by atoms with Crippen molar-refractivity contribution >= 4 is 11.9 Å². The minimum atomic E-state index is -0.414. The number of piperazine rings is 1. The summed E-state index contributed by atoms with van der Waals surface area (Å²) >= 11 is 0. The Labute approximate surface area is 115 Å². The molecule has 2 rings (SSSR count). The second-order valence-electron chi connectivity index (χ2n) is 5.92. The third-order valence-corrected chi connectivity index (χ3v) is 4.38. The molecule has 0 spiro atoms. The van der Waals surface area contributed by atoms with Crippen LogP contribution in [-0.4, -0.2) is 71.4 Å². The lowest BCUT2D eigenvalue weighted by atomic mass is 10.0. The van der Waals surface area contributed by atoms with Crippen molar-refractivity contribution < 1.29 is 4.79 Å². The Morgan fingerprint density at radius 3 is 1.95 bits per heavy atom. The van der Waals surface area contributed by atoms with Gasteiger partial charge < -0.3 is 15.5 Å². The van der Waals surface area contributed by atoms with Crippen molar-refractivity contribution in [1.29, 1.82) is 5.41 Å². The maximum atomic E-state index is 12.3. The van der Waals surface area contributed by atoms with Gasteiger partial charge in [-0.05, 0) is 26.7 Å². The topological polar surface area (TPSA) is 76.7 Å². The van der Waals surface area contributed by atoms with Gasteiger partial charge in [-0.2, -0.15) is 0 Å². The Hall–Kier alpha value is -1.30. The van der Waals surface area contributed by atoms with Crippen LogP contribution in [0.4, 0.5) is 4.79 Å². The molecule has 2 heterocycles. The van der Waals surface area contributed by atoms with Gasteiger partial charge in [0, 0.05) is 39.3 Å². The van der Waals surface area contributed by atoms with E-state index in [-0.39, 0.29) is 11.9 Å². The highest BCUT2D eigenvalue weighted by molar-refractivity contribution is 5.86. The first kappa shape index (κ1) is 14.1. The van der Waals surface area contributed by atoms with Crippen LogP contribution in [-0.2, 0) is 0 Å². The second kappa shape index (κ2) is 5.36. The number of hydrogen-bond donors (Lipinski definition) is 2. The lowest BCUT2D eigenvalue weighted by molar-refractivity contribution is 0.0852. The number of likely N-dealkylation sites (tertiary alicyclic amines) is 1. The second-order valence-corrected chi connectivity index (χ2v) is 5.92. The van der Waals surface area contributed by atoms with Gasteiger partial charge in [-0.3, -0.25) is 10.3 Å². The average molecular weight is 267 g/mol. The molecule has 3 N–H and O–H groups in total. The van der Waals surface area contributed by atoms with Crippen LogP contribution >= 0.6 is 0 Å². The lowest BCUT2D eigenvalue weighted by Gasteiger charge is -2.43. The molecule has 6 heteroatoms. The predicted octanol–water partition coefficient (Wildman–Crippen LogP) is 0.534. The molecule has 2 fully saturated rings. The number of nitrogens with zero attached hydrogens (tertiary/aromatic N) is 3. The highest BCUT2D eigenvalue weighted by Gasteiger charge is 2.34. The van der Waals surface area contributed by atoms with Crippen LogP contribution in [0.3, 0.4) is 0 Å². The first-order chi connectivity index (χ1) is 8.93. The van der Waals surface area contributed by atoms with Crippen LogP contribution in [0.25, 0.3) is 0 Å². The highest BCUT2D eigenvalue weighted by Crippen LogP contribution is 2.18. The van der Waals surface area contributed by atoms with Gasteiger partial charge in [0.1, 0.15) is 5.84 Å². The Bertz CT molecular complexity index is 354. The number of nitrogens with one attached hydrogen (secondary N) is 1. The van der Waals surface area contributed by atoms with E-state index in [4.69, 9.17) is 11.1 Å². The first-order valence-electron chi connectivity index (χ1n) is 7.06. The summed E-state index contributed by atoms with van der Waals surface area (Å²) in [7, 11) is 0. The number of carbonyl (C=O) groups excluding carboxylic acids is 1. The molecule has 0 atom stereocenters. The largest absolute Gasteiger partial charge is 0.386 e. The summed E-state index contributed by atoms with van der Waals surface area (Å²) in [6.07, 6.45) is 2.26. The molecule has 6 nitrogen and oxygen atoms in total. The summed E-state index contributed by atoms with van der Waals surface area (Å²) in [5, 5.41) is 7.65. The first-order valence-corrected chi connectivity index (χ1v) is 7.06. The monoisotopic (exact) mass is 267 g/mol. The molecule has 0 unspecified atom stereocenters. The van der Waals surface area contributed by atoms with Crippen LogP contribution < -0.4 is 5.73 Å². The van der Waals surface area contributed by atoms with Gasteiger partial charge in [0.25, 0.3) is 0 Å². The number of urea groups is 1. The van der Waals surface area contributed by atoms with Gasteiger partial charge in [-0.25, -0.2) is 4.79 Å². The fraction of sp³-hybridized carbons (Fsp3) is 0.846. The van der Waals surface area contributed by atoms with Crippen molar-refractivity contribution in [3.05, 3.63) is 0 Å². The zero-order chi connectivity index (χ0) is 14.0. The van der Waals surface area contributed by atoms with Gasteiger partial charge in [0.2, 0.25) is 0 Å². The van der Waals surface area contributed by atoms with Crippen LogP contribution in [0.2, 0.25) is 0 Å². The maximum absolute atomic E-state index is 12.3. The predicted molar refractivity (Wildman–Crippen MR) is 75.3 cm³/mol. The molecule has 108 valence electrons. The molecule has 19 heavy (non-hydrogen) atoms. The zero-order valence-corrected chi connectivity index (χ0v) is 12.0. The molecule has 0 aromatic carbocycles. The van der Waals surface area contributed by atoms with E-state index in [0.29, 0.717) is 0 Å². The van der Waals surface area contributed by atoms with Crippen molar-refractivity contribution in [1.82, 2.24) is 14.7 Å². The number of rotatable bonds is 2. The van der Waals surface area contributed by atoms with E-state index >= 15 is 0 Å². The third-order valence-electron chi connectivity index (χ3n) is 4.38. The molecule has 2 saturated heterocycles. The highest BCUT2D eigenvalue weighted by atomic mass is 16.2. The van der Waals surface area contributed by atoms with E-state index in [0.717, 1.165) is 52.1 Å². The SMILES string of the molecule is CC(C)(C(=N)N)N1CCN(C(=O)N2CCCC2)CC1. The molecular formula is C13H25N5O. The minimum Gasteiger partial charge on any atom is -0.386 e. The Morgan fingerprint density at radius 1 is 1.00 bits per heavy atom. The van der Waals surface area contributed by atoms with Crippen molar-refractivity contribution in [3.63, 3.8) is 0 Å². The molecule has 0 bridgehead atoms. The van der Waals surface area contributed by atoms with Crippen LogP contribution in [0.5, 0.6) is 0 Å². The average Bonchev–Trinajstić information content (AvgIpc) is 2.91. The third kappa shape index (κ3) is 2.83. The Morgan fingerprint density at radius 2 is 1.47 bits per heavy atom. The van der Waals surface area contributed by atoms with E-state index in [1.807, 2.05) is 23.6 Å². The smallest absolute Gasteiger partial charge is 0.320 e. The van der Waals surface area contributed by atoms with Gasteiger partial charge in [-0.15, -0.1) is 0 Å². The molecule has 2 aliphatic rings. The quantitative estimate of drug-likeness (QED) is 0.566. The summed E-state index contributed by atoms with van der Waals surface area (Å²) in [5.74, 6) is 0.187. The van der Waals surface area contributed by atoms with Crippen LogP contribution in [0, 0.1) is 5.41 Å². The summed E-state index contributed by atoms with van der Waals surface area (Å²) in [5.41, 5.74) is 5.23. The number of amides is 2. The molecule has 2 amide bonds. The minimum absolute atomic E-state index is 0.179. The van der Waals surface area contributed by atoms with Gasteiger partial charge in [0.05, 0.1) is 5.54 Å². The number of hydrogen-bond acceptors (Lipinski definition) is 3. The van der Waals surface area contributed by atoms with Crippen molar-refractivity contribution in [2.24, 2.45) is 5.73 Å². The van der Waals surface area contributed by atoms with Crippen molar-refractivity contribution in [2.45, 2.75) is 32.2 Å². The number of amidine groups is 1. The molecule has 2 aliphatic heterocycles. The fourth-order valence-corrected chi connectivity index (χ4v) is 2.74. The molecule has 0 aromatic rings. The molecular weight excluding hydrogens is 242 g/mol. The normalized spacial score (nSPS) is 21.8. The lowest BCUT2D eigenvalue weighted by Crippen LogP contribution is -2.61. The van der Waals surface area contributed by atoms with Crippen molar-refractivity contribution in [2.75, 3.05) is 39.3 Å². The van der Waals surface area contributed by atoms with Crippen LogP contribution in [0.15, 0.2) is 0 Å². The van der Waals surface area contributed by atoms with E-state index < -0.39 is 5.54 Å².